The number of hydrogen-bond acceptors (Lipinski definition) is 3. The molecule has 19 heavy (non-hydrogen) atoms. The number of ether oxygens (including phenoxy) is 1. The van der Waals surface area contributed by atoms with Gasteiger partial charge in [0.25, 0.3) is 0 Å². The molecule has 102 valence electrons. The molecule has 0 aliphatic heterocycles. The van der Waals surface area contributed by atoms with Gasteiger partial charge in [-0.15, -0.1) is 0 Å². The highest BCUT2D eigenvalue weighted by Gasteiger charge is 2.22. The van der Waals surface area contributed by atoms with E-state index in [1.165, 1.54) is 16.7 Å². The minimum atomic E-state index is 0.0716. The zero-order chi connectivity index (χ0) is 14.0. The van der Waals surface area contributed by atoms with Gasteiger partial charge in [-0.1, -0.05) is 18.2 Å². The van der Waals surface area contributed by atoms with Crippen molar-refractivity contribution in [3.8, 4) is 5.75 Å². The Labute approximate surface area is 114 Å². The first-order valence-corrected chi connectivity index (χ1v) is 6.39. The van der Waals surface area contributed by atoms with E-state index in [0.717, 1.165) is 11.4 Å². The highest BCUT2D eigenvalue weighted by molar-refractivity contribution is 5.42. The Hall–Kier alpha value is -1.81. The fraction of sp³-hybridized carbons (Fsp3) is 0.400. The SMILES string of the molecule is CNC(c1cccc(C)c1C)c1c(OC)cnn1C. The maximum Gasteiger partial charge on any atom is 0.161 e. The summed E-state index contributed by atoms with van der Waals surface area (Å²) in [6.45, 7) is 4.28. The highest BCUT2D eigenvalue weighted by Crippen LogP contribution is 2.31. The standard InChI is InChI=1S/C15H21N3O/c1-10-7-6-8-12(11(10)2)14(16-3)15-13(19-5)9-17-18(15)4/h6-9,14,16H,1-5H3. The summed E-state index contributed by atoms with van der Waals surface area (Å²) in [4.78, 5) is 0. The summed E-state index contributed by atoms with van der Waals surface area (Å²) in [5.41, 5.74) is 4.88. The second-order valence-corrected chi connectivity index (χ2v) is 4.73. The molecular weight excluding hydrogens is 238 g/mol. The fourth-order valence-electron chi connectivity index (χ4n) is 2.44. The largest absolute Gasteiger partial charge is 0.493 e. The van der Waals surface area contributed by atoms with Crippen molar-refractivity contribution in [2.24, 2.45) is 7.05 Å². The van der Waals surface area contributed by atoms with Crippen LogP contribution in [0.15, 0.2) is 24.4 Å². The van der Waals surface area contributed by atoms with Crippen LogP contribution >= 0.6 is 0 Å². The first-order valence-electron chi connectivity index (χ1n) is 6.39. The van der Waals surface area contributed by atoms with Crippen molar-refractivity contribution < 1.29 is 4.74 Å². The van der Waals surface area contributed by atoms with E-state index in [2.05, 4.69) is 42.5 Å². The van der Waals surface area contributed by atoms with E-state index >= 15 is 0 Å². The third-order valence-corrected chi connectivity index (χ3v) is 3.69. The minimum Gasteiger partial charge on any atom is -0.493 e. The number of aryl methyl sites for hydroxylation is 2. The van der Waals surface area contributed by atoms with Crippen LogP contribution in [0.2, 0.25) is 0 Å². The van der Waals surface area contributed by atoms with Gasteiger partial charge < -0.3 is 10.1 Å². The van der Waals surface area contributed by atoms with E-state index in [0.29, 0.717) is 0 Å². The molecule has 1 N–H and O–H groups in total. The number of methoxy groups -OCH3 is 1. The lowest BCUT2D eigenvalue weighted by atomic mass is 9.95. The summed E-state index contributed by atoms with van der Waals surface area (Å²) in [6, 6.07) is 6.44. The second kappa shape index (κ2) is 5.45. The highest BCUT2D eigenvalue weighted by atomic mass is 16.5. The van der Waals surface area contributed by atoms with Gasteiger partial charge in [-0.2, -0.15) is 5.10 Å². The molecule has 0 spiro atoms. The van der Waals surface area contributed by atoms with Crippen molar-refractivity contribution in [3.63, 3.8) is 0 Å². The van der Waals surface area contributed by atoms with Crippen molar-refractivity contribution in [2.75, 3.05) is 14.2 Å². The van der Waals surface area contributed by atoms with Crippen LogP contribution in [0.3, 0.4) is 0 Å². The average molecular weight is 259 g/mol. The quantitative estimate of drug-likeness (QED) is 0.916. The first kappa shape index (κ1) is 13.6. The molecule has 2 aromatic rings. The maximum atomic E-state index is 5.42. The van der Waals surface area contributed by atoms with Gasteiger partial charge in [0.1, 0.15) is 5.69 Å². The summed E-state index contributed by atoms with van der Waals surface area (Å²) in [5, 5.41) is 7.65. The van der Waals surface area contributed by atoms with Crippen LogP contribution in [0.25, 0.3) is 0 Å². The van der Waals surface area contributed by atoms with Crippen LogP contribution in [0.5, 0.6) is 5.75 Å². The van der Waals surface area contributed by atoms with Gasteiger partial charge in [0.15, 0.2) is 5.75 Å². The molecular formula is C15H21N3O. The minimum absolute atomic E-state index is 0.0716. The predicted octanol–water partition coefficient (Wildman–Crippen LogP) is 2.35. The normalized spacial score (nSPS) is 12.5. The molecule has 1 atom stereocenters. The molecule has 0 amide bonds. The van der Waals surface area contributed by atoms with Crippen LogP contribution in [-0.2, 0) is 7.05 Å². The third kappa shape index (κ3) is 2.36. The third-order valence-electron chi connectivity index (χ3n) is 3.69. The second-order valence-electron chi connectivity index (χ2n) is 4.73. The van der Waals surface area contributed by atoms with E-state index in [4.69, 9.17) is 4.74 Å². The predicted molar refractivity (Wildman–Crippen MR) is 76.6 cm³/mol. The molecule has 0 saturated carbocycles. The van der Waals surface area contributed by atoms with Crippen molar-refractivity contribution in [1.82, 2.24) is 15.1 Å². The monoisotopic (exact) mass is 259 g/mol. The van der Waals surface area contributed by atoms with E-state index in [9.17, 15) is 0 Å². The molecule has 0 saturated heterocycles. The average Bonchev–Trinajstić information content (AvgIpc) is 2.77. The number of nitrogens with zero attached hydrogens (tertiary/aromatic N) is 2. The molecule has 0 aliphatic rings. The molecule has 0 fully saturated rings. The molecule has 0 aliphatic carbocycles. The summed E-state index contributed by atoms with van der Waals surface area (Å²) >= 11 is 0. The van der Waals surface area contributed by atoms with Gasteiger partial charge in [-0.3, -0.25) is 4.68 Å². The molecule has 1 unspecified atom stereocenters. The number of nitrogens with one attached hydrogen (secondary N) is 1. The van der Waals surface area contributed by atoms with Crippen LogP contribution < -0.4 is 10.1 Å². The Kier molecular flexibility index (Phi) is 3.90. The van der Waals surface area contributed by atoms with E-state index in [1.807, 2.05) is 18.8 Å². The first-order chi connectivity index (χ1) is 9.10. The Bertz CT molecular complexity index is 575. The van der Waals surface area contributed by atoms with Crippen molar-refractivity contribution in [1.29, 1.82) is 0 Å². The summed E-state index contributed by atoms with van der Waals surface area (Å²) in [5.74, 6) is 0.808. The van der Waals surface area contributed by atoms with Crippen LogP contribution in [0, 0.1) is 13.8 Å². The molecule has 1 aromatic carbocycles. The lowest BCUT2D eigenvalue weighted by Crippen LogP contribution is -2.22. The van der Waals surface area contributed by atoms with Gasteiger partial charge in [0.05, 0.1) is 19.3 Å². The Morgan fingerprint density at radius 1 is 1.32 bits per heavy atom. The van der Waals surface area contributed by atoms with E-state index in [1.54, 1.807) is 13.3 Å². The zero-order valence-corrected chi connectivity index (χ0v) is 12.2. The number of rotatable bonds is 4. The van der Waals surface area contributed by atoms with Crippen LogP contribution in [0.1, 0.15) is 28.4 Å². The molecule has 0 bridgehead atoms. The van der Waals surface area contributed by atoms with Gasteiger partial charge in [-0.05, 0) is 37.6 Å². The van der Waals surface area contributed by atoms with Crippen molar-refractivity contribution in [2.45, 2.75) is 19.9 Å². The Morgan fingerprint density at radius 2 is 2.05 bits per heavy atom. The van der Waals surface area contributed by atoms with Gasteiger partial charge >= 0.3 is 0 Å². The van der Waals surface area contributed by atoms with Gasteiger partial charge in [0.2, 0.25) is 0 Å². The lowest BCUT2D eigenvalue weighted by molar-refractivity contribution is 0.402. The smallest absolute Gasteiger partial charge is 0.161 e. The summed E-state index contributed by atoms with van der Waals surface area (Å²) in [6.07, 6.45) is 1.75. The van der Waals surface area contributed by atoms with E-state index in [-0.39, 0.29) is 6.04 Å². The molecule has 4 nitrogen and oxygen atoms in total. The van der Waals surface area contributed by atoms with Gasteiger partial charge in [-0.25, -0.2) is 0 Å². The molecule has 1 aromatic heterocycles. The molecule has 1 heterocycles. The number of benzene rings is 1. The molecule has 4 heteroatoms. The Morgan fingerprint density at radius 3 is 2.68 bits per heavy atom. The molecule has 2 rings (SSSR count). The van der Waals surface area contributed by atoms with Crippen molar-refractivity contribution in [3.05, 3.63) is 46.8 Å². The lowest BCUT2D eigenvalue weighted by Gasteiger charge is -2.21. The van der Waals surface area contributed by atoms with Crippen LogP contribution in [-0.4, -0.2) is 23.9 Å². The maximum absolute atomic E-state index is 5.42. The summed E-state index contributed by atoms with van der Waals surface area (Å²) < 4.78 is 7.28. The van der Waals surface area contributed by atoms with Gasteiger partial charge in [0, 0.05) is 7.05 Å². The topological polar surface area (TPSA) is 39.1 Å². The fourth-order valence-corrected chi connectivity index (χ4v) is 2.44. The van der Waals surface area contributed by atoms with E-state index < -0.39 is 0 Å². The summed E-state index contributed by atoms with van der Waals surface area (Å²) in [7, 11) is 5.57. The number of aromatic nitrogens is 2. The zero-order valence-electron chi connectivity index (χ0n) is 12.2. The van der Waals surface area contributed by atoms with Crippen LogP contribution in [0.4, 0.5) is 0 Å². The number of hydrogen-bond donors (Lipinski definition) is 1. The van der Waals surface area contributed by atoms with Crippen molar-refractivity contribution >= 4 is 0 Å². The Balaban J connectivity index is 2.56. The molecule has 0 radical (unpaired) electrons.